The van der Waals surface area contributed by atoms with Crippen LogP contribution < -0.4 is 0 Å². The second kappa shape index (κ2) is 8.81. The fourth-order valence-electron chi connectivity index (χ4n) is 4.80. The number of nitrogens with zero attached hydrogens (tertiary/aromatic N) is 2. The van der Waals surface area contributed by atoms with Crippen molar-refractivity contribution in [2.75, 3.05) is 19.6 Å². The van der Waals surface area contributed by atoms with Crippen LogP contribution in [0.15, 0.2) is 78.6 Å². The summed E-state index contributed by atoms with van der Waals surface area (Å²) in [5.41, 5.74) is 9.92. The van der Waals surface area contributed by atoms with Crippen LogP contribution in [-0.2, 0) is 6.42 Å². The van der Waals surface area contributed by atoms with Crippen molar-refractivity contribution in [2.24, 2.45) is 0 Å². The summed E-state index contributed by atoms with van der Waals surface area (Å²) in [7, 11) is 0. The highest BCUT2D eigenvalue weighted by molar-refractivity contribution is 5.94. The average molecular weight is 393 g/mol. The van der Waals surface area contributed by atoms with Crippen LogP contribution in [0, 0.1) is 0 Å². The molecule has 0 bridgehead atoms. The summed E-state index contributed by atoms with van der Waals surface area (Å²) in [4.78, 5) is 6.75. The third kappa shape index (κ3) is 4.01. The molecule has 1 aliphatic heterocycles. The standard InChI is InChI=1S/C28H28N2/c1-3-9-26-23(7-1)11-12-24-8-2-4-10-27(24)28(26)25-15-20-30(21-16-25)19-5-6-22-13-17-29-18-14-22/h1-4,7-14,17-18H,5-6,15-16,19-21H2. The Hall–Kier alpha value is -2.97. The molecule has 1 aliphatic carbocycles. The molecule has 2 nitrogen and oxygen atoms in total. The van der Waals surface area contributed by atoms with Crippen molar-refractivity contribution in [3.8, 4) is 0 Å². The first kappa shape index (κ1) is 19.0. The van der Waals surface area contributed by atoms with E-state index in [1.165, 1.54) is 46.4 Å². The molecule has 1 saturated heterocycles. The number of rotatable bonds is 4. The number of aryl methyl sites for hydroxylation is 1. The summed E-state index contributed by atoms with van der Waals surface area (Å²) in [6.45, 7) is 3.50. The minimum absolute atomic E-state index is 1.14. The van der Waals surface area contributed by atoms with Gasteiger partial charge in [0.2, 0.25) is 0 Å². The van der Waals surface area contributed by atoms with E-state index in [0.29, 0.717) is 0 Å². The Labute approximate surface area is 179 Å². The second-order valence-corrected chi connectivity index (χ2v) is 8.29. The third-order valence-electron chi connectivity index (χ3n) is 6.41. The molecule has 150 valence electrons. The summed E-state index contributed by atoms with van der Waals surface area (Å²) in [6, 6.07) is 22.0. The largest absolute Gasteiger partial charge is 0.303 e. The molecule has 0 N–H and O–H groups in total. The highest BCUT2D eigenvalue weighted by Crippen LogP contribution is 2.38. The molecule has 1 fully saturated rings. The van der Waals surface area contributed by atoms with Crippen molar-refractivity contribution >= 4 is 17.7 Å². The summed E-state index contributed by atoms with van der Waals surface area (Å²) >= 11 is 0. The molecule has 0 spiro atoms. The monoisotopic (exact) mass is 392 g/mol. The van der Waals surface area contributed by atoms with Gasteiger partial charge in [-0.15, -0.1) is 0 Å². The van der Waals surface area contributed by atoms with E-state index < -0.39 is 0 Å². The summed E-state index contributed by atoms with van der Waals surface area (Å²) in [5, 5.41) is 0. The highest BCUT2D eigenvalue weighted by atomic mass is 15.1. The molecular weight excluding hydrogens is 364 g/mol. The molecular formula is C28H28N2. The molecule has 0 unspecified atom stereocenters. The van der Waals surface area contributed by atoms with Crippen LogP contribution in [0.1, 0.15) is 47.1 Å². The Morgan fingerprint density at radius 2 is 1.33 bits per heavy atom. The van der Waals surface area contributed by atoms with Gasteiger partial charge in [0, 0.05) is 25.5 Å². The van der Waals surface area contributed by atoms with Gasteiger partial charge in [-0.25, -0.2) is 0 Å². The van der Waals surface area contributed by atoms with Crippen molar-refractivity contribution in [1.82, 2.24) is 9.88 Å². The zero-order chi connectivity index (χ0) is 20.2. The van der Waals surface area contributed by atoms with Gasteiger partial charge >= 0.3 is 0 Å². The van der Waals surface area contributed by atoms with Crippen LogP contribution in [-0.4, -0.2) is 29.5 Å². The van der Waals surface area contributed by atoms with Gasteiger partial charge in [0.05, 0.1) is 0 Å². The Morgan fingerprint density at radius 3 is 1.97 bits per heavy atom. The topological polar surface area (TPSA) is 16.1 Å². The van der Waals surface area contributed by atoms with E-state index >= 15 is 0 Å². The predicted octanol–water partition coefficient (Wildman–Crippen LogP) is 6.10. The maximum Gasteiger partial charge on any atom is 0.0270 e. The van der Waals surface area contributed by atoms with E-state index in [0.717, 1.165) is 32.4 Å². The van der Waals surface area contributed by atoms with E-state index in [-0.39, 0.29) is 0 Å². The normalized spacial score (nSPS) is 16.1. The van der Waals surface area contributed by atoms with Gasteiger partial charge in [-0.2, -0.15) is 0 Å². The molecule has 0 amide bonds. The zero-order valence-corrected chi connectivity index (χ0v) is 17.4. The van der Waals surface area contributed by atoms with Crippen LogP contribution >= 0.6 is 0 Å². The van der Waals surface area contributed by atoms with Gasteiger partial charge in [0.25, 0.3) is 0 Å². The molecule has 0 radical (unpaired) electrons. The molecule has 30 heavy (non-hydrogen) atoms. The molecule has 5 rings (SSSR count). The highest BCUT2D eigenvalue weighted by Gasteiger charge is 2.22. The number of hydrogen-bond acceptors (Lipinski definition) is 2. The minimum atomic E-state index is 1.14. The van der Waals surface area contributed by atoms with E-state index in [9.17, 15) is 0 Å². The van der Waals surface area contributed by atoms with E-state index in [1.54, 1.807) is 5.57 Å². The Balaban J connectivity index is 1.34. The predicted molar refractivity (Wildman–Crippen MR) is 126 cm³/mol. The van der Waals surface area contributed by atoms with Gasteiger partial charge in [-0.3, -0.25) is 4.98 Å². The molecule has 0 saturated carbocycles. The van der Waals surface area contributed by atoms with Crippen LogP contribution in [0.2, 0.25) is 0 Å². The number of hydrogen-bond donors (Lipinski definition) is 0. The lowest BCUT2D eigenvalue weighted by atomic mass is 9.86. The van der Waals surface area contributed by atoms with Crippen LogP contribution in [0.4, 0.5) is 0 Å². The molecule has 2 aliphatic rings. The first-order chi connectivity index (χ1) is 14.9. The Kier molecular flexibility index (Phi) is 5.58. The fraction of sp³-hybridized carbons (Fsp3) is 0.250. The summed E-state index contributed by atoms with van der Waals surface area (Å²) in [6.07, 6.45) is 13.0. The lowest BCUT2D eigenvalue weighted by molar-refractivity contribution is 0.254. The quantitative estimate of drug-likeness (QED) is 0.417. The van der Waals surface area contributed by atoms with Crippen molar-refractivity contribution in [3.63, 3.8) is 0 Å². The van der Waals surface area contributed by atoms with Crippen molar-refractivity contribution in [2.45, 2.75) is 25.7 Å². The molecule has 2 heterocycles. The van der Waals surface area contributed by atoms with Crippen LogP contribution in [0.5, 0.6) is 0 Å². The number of likely N-dealkylation sites (tertiary alicyclic amines) is 1. The fourth-order valence-corrected chi connectivity index (χ4v) is 4.80. The number of piperidine rings is 1. The maximum absolute atomic E-state index is 4.11. The lowest BCUT2D eigenvalue weighted by Crippen LogP contribution is -2.32. The third-order valence-corrected chi connectivity index (χ3v) is 6.41. The maximum atomic E-state index is 4.11. The van der Waals surface area contributed by atoms with Crippen molar-refractivity contribution < 1.29 is 0 Å². The smallest absolute Gasteiger partial charge is 0.0270 e. The van der Waals surface area contributed by atoms with Crippen molar-refractivity contribution in [1.29, 1.82) is 0 Å². The Morgan fingerprint density at radius 1 is 0.733 bits per heavy atom. The van der Waals surface area contributed by atoms with Gasteiger partial charge < -0.3 is 4.90 Å². The van der Waals surface area contributed by atoms with Gasteiger partial charge in [0.1, 0.15) is 0 Å². The van der Waals surface area contributed by atoms with Gasteiger partial charge in [0.15, 0.2) is 0 Å². The molecule has 0 atom stereocenters. The van der Waals surface area contributed by atoms with Gasteiger partial charge in [-0.1, -0.05) is 66.3 Å². The van der Waals surface area contributed by atoms with Crippen molar-refractivity contribution in [3.05, 3.63) is 106 Å². The van der Waals surface area contributed by atoms with E-state index in [4.69, 9.17) is 0 Å². The molecule has 1 aromatic heterocycles. The Bertz CT molecular complexity index is 1020. The average Bonchev–Trinajstić information content (AvgIpc) is 2.97. The van der Waals surface area contributed by atoms with Crippen LogP contribution in [0.25, 0.3) is 17.7 Å². The number of fused-ring (bicyclic) bond motifs is 2. The molecule has 2 aromatic carbocycles. The van der Waals surface area contributed by atoms with E-state index in [2.05, 4.69) is 82.7 Å². The SMILES string of the molecule is C1=Cc2ccccc2C(=C2CCN(CCCc3ccncc3)CC2)c2ccccc21. The number of aromatic nitrogens is 1. The van der Waals surface area contributed by atoms with Crippen LogP contribution in [0.3, 0.4) is 0 Å². The summed E-state index contributed by atoms with van der Waals surface area (Å²) in [5.74, 6) is 0. The lowest BCUT2D eigenvalue weighted by Gasteiger charge is -2.30. The molecule has 2 heteroatoms. The first-order valence-corrected chi connectivity index (χ1v) is 11.1. The first-order valence-electron chi connectivity index (χ1n) is 11.1. The molecule has 3 aromatic rings. The number of benzene rings is 2. The second-order valence-electron chi connectivity index (χ2n) is 8.29. The van der Waals surface area contributed by atoms with Gasteiger partial charge in [-0.05, 0) is 77.8 Å². The van der Waals surface area contributed by atoms with E-state index in [1.807, 2.05) is 12.4 Å². The zero-order valence-electron chi connectivity index (χ0n) is 17.4. The summed E-state index contributed by atoms with van der Waals surface area (Å²) < 4.78 is 0. The number of pyridine rings is 1. The minimum Gasteiger partial charge on any atom is -0.303 e.